The Hall–Kier alpha value is -1.09. The number of anilines is 1. The first-order valence-corrected chi connectivity index (χ1v) is 5.40. The maximum absolute atomic E-state index is 13.1. The van der Waals surface area contributed by atoms with Gasteiger partial charge in [-0.05, 0) is 34.7 Å². The molecule has 0 unspecified atom stereocenters. The van der Waals surface area contributed by atoms with Gasteiger partial charge in [0.25, 0.3) is 0 Å². The number of halogens is 2. The van der Waals surface area contributed by atoms with Crippen LogP contribution in [0.5, 0.6) is 0 Å². The van der Waals surface area contributed by atoms with E-state index < -0.39 is 0 Å². The number of amides is 1. The Morgan fingerprint density at radius 2 is 2.33 bits per heavy atom. The molecule has 0 saturated heterocycles. The van der Waals surface area contributed by atoms with Gasteiger partial charge in [0.15, 0.2) is 0 Å². The lowest BCUT2D eigenvalue weighted by molar-refractivity contribution is -0.116. The molecule has 0 bridgehead atoms. The maximum Gasteiger partial charge on any atom is 0.225 e. The van der Waals surface area contributed by atoms with Gasteiger partial charge in [0, 0.05) is 12.8 Å². The van der Waals surface area contributed by atoms with Crippen molar-refractivity contribution in [3.8, 4) is 12.3 Å². The van der Waals surface area contributed by atoms with Crippen LogP contribution in [0.2, 0.25) is 0 Å². The highest BCUT2D eigenvalue weighted by atomic mass is 127. The molecular formula is C11H9FINO. The molecule has 0 aliphatic heterocycles. The summed E-state index contributed by atoms with van der Waals surface area (Å²) in [5.41, 5.74) is 0.484. The SMILES string of the molecule is C#CCCC(=O)Nc1cccc(F)c1I. The second-order valence-corrected chi connectivity index (χ2v) is 3.93. The van der Waals surface area contributed by atoms with Gasteiger partial charge in [0.1, 0.15) is 5.82 Å². The molecule has 0 atom stereocenters. The molecule has 0 fully saturated rings. The summed E-state index contributed by atoms with van der Waals surface area (Å²) < 4.78 is 13.5. The van der Waals surface area contributed by atoms with Gasteiger partial charge in [-0.15, -0.1) is 12.3 Å². The minimum Gasteiger partial charge on any atom is -0.325 e. The van der Waals surface area contributed by atoms with Crippen molar-refractivity contribution in [1.82, 2.24) is 0 Å². The third-order valence-electron chi connectivity index (χ3n) is 1.72. The van der Waals surface area contributed by atoms with E-state index in [0.29, 0.717) is 15.7 Å². The van der Waals surface area contributed by atoms with Crippen molar-refractivity contribution in [2.24, 2.45) is 0 Å². The second-order valence-electron chi connectivity index (χ2n) is 2.85. The largest absolute Gasteiger partial charge is 0.325 e. The van der Waals surface area contributed by atoms with Gasteiger partial charge in [-0.1, -0.05) is 6.07 Å². The summed E-state index contributed by atoms with van der Waals surface area (Å²) in [4.78, 5) is 11.3. The lowest BCUT2D eigenvalue weighted by atomic mass is 10.2. The van der Waals surface area contributed by atoms with E-state index in [1.54, 1.807) is 12.1 Å². The molecule has 0 aliphatic rings. The van der Waals surface area contributed by atoms with Gasteiger partial charge in [-0.25, -0.2) is 4.39 Å². The Labute approximate surface area is 101 Å². The van der Waals surface area contributed by atoms with Gasteiger partial charge in [0.05, 0.1) is 9.26 Å². The fourth-order valence-corrected chi connectivity index (χ4v) is 1.49. The molecule has 0 aliphatic carbocycles. The van der Waals surface area contributed by atoms with Crippen molar-refractivity contribution in [2.45, 2.75) is 12.8 Å². The maximum atomic E-state index is 13.1. The van der Waals surface area contributed by atoms with Gasteiger partial charge < -0.3 is 5.32 Å². The molecule has 1 aromatic carbocycles. The minimum absolute atomic E-state index is 0.198. The van der Waals surface area contributed by atoms with E-state index >= 15 is 0 Å². The summed E-state index contributed by atoms with van der Waals surface area (Å²) >= 11 is 1.85. The summed E-state index contributed by atoms with van der Waals surface area (Å²) in [6.07, 6.45) is 5.67. The Kier molecular flexibility index (Phi) is 4.56. The zero-order chi connectivity index (χ0) is 11.3. The first-order valence-electron chi connectivity index (χ1n) is 4.32. The average Bonchev–Trinajstić information content (AvgIpc) is 2.22. The van der Waals surface area contributed by atoms with Crippen molar-refractivity contribution < 1.29 is 9.18 Å². The monoisotopic (exact) mass is 317 g/mol. The van der Waals surface area contributed by atoms with Crippen LogP contribution >= 0.6 is 22.6 Å². The van der Waals surface area contributed by atoms with E-state index in [2.05, 4.69) is 11.2 Å². The number of benzene rings is 1. The number of rotatable bonds is 3. The minimum atomic E-state index is -0.342. The van der Waals surface area contributed by atoms with Crippen LogP contribution in [0.25, 0.3) is 0 Å². The van der Waals surface area contributed by atoms with Crippen molar-refractivity contribution in [1.29, 1.82) is 0 Å². The Balaban J connectivity index is 2.69. The number of carbonyl (C=O) groups is 1. The summed E-state index contributed by atoms with van der Waals surface area (Å²) in [6, 6.07) is 4.55. The van der Waals surface area contributed by atoms with Crippen molar-refractivity contribution in [3.05, 3.63) is 27.6 Å². The molecule has 15 heavy (non-hydrogen) atoms. The third kappa shape index (κ3) is 3.51. The molecule has 2 nitrogen and oxygen atoms in total. The standard InChI is InChI=1S/C11H9FINO/c1-2-3-7-10(15)14-9-6-4-5-8(12)11(9)13/h1,4-6H,3,7H2,(H,14,15). The average molecular weight is 317 g/mol. The topological polar surface area (TPSA) is 29.1 Å². The van der Waals surface area contributed by atoms with Crippen molar-refractivity contribution in [2.75, 3.05) is 5.32 Å². The predicted molar refractivity (Wildman–Crippen MR) is 65.8 cm³/mol. The molecule has 0 heterocycles. The van der Waals surface area contributed by atoms with Gasteiger partial charge in [-0.3, -0.25) is 4.79 Å². The second kappa shape index (κ2) is 5.71. The fourth-order valence-electron chi connectivity index (χ4n) is 0.999. The van der Waals surface area contributed by atoms with E-state index in [4.69, 9.17) is 6.42 Å². The molecule has 1 rings (SSSR count). The van der Waals surface area contributed by atoms with Crippen LogP contribution in [0.3, 0.4) is 0 Å². The van der Waals surface area contributed by atoms with Crippen LogP contribution in [0.15, 0.2) is 18.2 Å². The lowest BCUT2D eigenvalue weighted by Crippen LogP contribution is -2.12. The number of carbonyl (C=O) groups excluding carboxylic acids is 1. The molecule has 0 aromatic heterocycles. The van der Waals surface area contributed by atoms with E-state index in [-0.39, 0.29) is 18.1 Å². The van der Waals surface area contributed by atoms with E-state index in [9.17, 15) is 9.18 Å². The zero-order valence-corrected chi connectivity index (χ0v) is 10.0. The smallest absolute Gasteiger partial charge is 0.225 e. The number of hydrogen-bond donors (Lipinski definition) is 1. The van der Waals surface area contributed by atoms with Gasteiger partial charge in [0.2, 0.25) is 5.91 Å². The lowest BCUT2D eigenvalue weighted by Gasteiger charge is -2.06. The molecule has 0 saturated carbocycles. The molecule has 78 valence electrons. The summed E-state index contributed by atoms with van der Waals surface area (Å²) in [6.45, 7) is 0. The van der Waals surface area contributed by atoms with E-state index in [0.717, 1.165) is 0 Å². The van der Waals surface area contributed by atoms with Gasteiger partial charge in [-0.2, -0.15) is 0 Å². The zero-order valence-electron chi connectivity index (χ0n) is 7.89. The normalized spacial score (nSPS) is 9.40. The Bertz CT molecular complexity index is 412. The van der Waals surface area contributed by atoms with Crippen LogP contribution in [0.1, 0.15) is 12.8 Å². The summed E-state index contributed by atoms with van der Waals surface area (Å²) in [7, 11) is 0. The summed E-state index contributed by atoms with van der Waals surface area (Å²) in [5, 5.41) is 2.60. The van der Waals surface area contributed by atoms with E-state index in [1.807, 2.05) is 22.6 Å². The molecule has 1 N–H and O–H groups in total. The van der Waals surface area contributed by atoms with Crippen molar-refractivity contribution >= 4 is 34.2 Å². The highest BCUT2D eigenvalue weighted by molar-refractivity contribution is 14.1. The Morgan fingerprint density at radius 3 is 3.00 bits per heavy atom. The first-order chi connectivity index (χ1) is 7.15. The Morgan fingerprint density at radius 1 is 1.60 bits per heavy atom. The highest BCUT2D eigenvalue weighted by Crippen LogP contribution is 2.20. The molecule has 1 amide bonds. The molecule has 0 radical (unpaired) electrons. The molecule has 1 aromatic rings. The van der Waals surface area contributed by atoms with Crippen molar-refractivity contribution in [3.63, 3.8) is 0 Å². The number of nitrogens with one attached hydrogen (secondary N) is 1. The molecular weight excluding hydrogens is 308 g/mol. The van der Waals surface area contributed by atoms with Crippen LogP contribution < -0.4 is 5.32 Å². The predicted octanol–water partition coefficient (Wildman–Crippen LogP) is 2.78. The van der Waals surface area contributed by atoms with E-state index in [1.165, 1.54) is 6.07 Å². The summed E-state index contributed by atoms with van der Waals surface area (Å²) in [5.74, 6) is 1.83. The van der Waals surface area contributed by atoms with Crippen LogP contribution in [-0.2, 0) is 4.79 Å². The number of hydrogen-bond acceptors (Lipinski definition) is 1. The van der Waals surface area contributed by atoms with Gasteiger partial charge >= 0.3 is 0 Å². The van der Waals surface area contributed by atoms with Crippen LogP contribution in [0, 0.1) is 21.7 Å². The fraction of sp³-hybridized carbons (Fsp3) is 0.182. The highest BCUT2D eigenvalue weighted by Gasteiger charge is 2.07. The molecule has 4 heteroatoms. The van der Waals surface area contributed by atoms with Crippen LogP contribution in [0.4, 0.5) is 10.1 Å². The van der Waals surface area contributed by atoms with Crippen LogP contribution in [-0.4, -0.2) is 5.91 Å². The quantitative estimate of drug-likeness (QED) is 0.674. The third-order valence-corrected chi connectivity index (χ3v) is 2.82. The molecule has 0 spiro atoms. The number of terminal acetylenes is 1. The first kappa shape index (κ1) is 12.0.